The zero-order valence-corrected chi connectivity index (χ0v) is 16.5. The maximum Gasteiger partial charge on any atom is 0.262 e. The molecular weight excluding hydrogens is 358 g/mol. The highest BCUT2D eigenvalue weighted by Crippen LogP contribution is 2.33. The second kappa shape index (κ2) is 7.27. The van der Waals surface area contributed by atoms with E-state index in [1.165, 1.54) is 16.9 Å². The summed E-state index contributed by atoms with van der Waals surface area (Å²) in [6, 6.07) is 5.93. The second-order valence-corrected chi connectivity index (χ2v) is 8.28. The molecule has 2 heterocycles. The third-order valence-electron chi connectivity index (χ3n) is 5.27. The van der Waals surface area contributed by atoms with Crippen LogP contribution in [0.4, 0.5) is 5.69 Å². The van der Waals surface area contributed by atoms with E-state index >= 15 is 0 Å². The van der Waals surface area contributed by atoms with E-state index in [2.05, 4.69) is 10.3 Å². The zero-order chi connectivity index (χ0) is 19.0. The van der Waals surface area contributed by atoms with Gasteiger partial charge in [-0.25, -0.2) is 4.98 Å². The monoisotopic (exact) mass is 381 g/mol. The minimum atomic E-state index is -0.0910. The average Bonchev–Trinajstić information content (AvgIpc) is 3.03. The molecule has 1 N–H and O–H groups in total. The lowest BCUT2D eigenvalue weighted by Crippen LogP contribution is -2.24. The first-order chi connectivity index (χ1) is 13.0. The SMILES string of the molecule is Cc1cccc(C)c1NC(=O)CCn1cnc2sc3c(c2c1=O)CCCC3. The Morgan fingerprint density at radius 3 is 2.74 bits per heavy atom. The largest absolute Gasteiger partial charge is 0.326 e. The van der Waals surface area contributed by atoms with Gasteiger partial charge < -0.3 is 5.32 Å². The summed E-state index contributed by atoms with van der Waals surface area (Å²) >= 11 is 1.65. The van der Waals surface area contributed by atoms with Crippen molar-refractivity contribution in [3.05, 3.63) is 56.4 Å². The van der Waals surface area contributed by atoms with E-state index in [9.17, 15) is 9.59 Å². The van der Waals surface area contributed by atoms with Gasteiger partial charge in [-0.3, -0.25) is 14.2 Å². The number of aromatic nitrogens is 2. The molecule has 0 radical (unpaired) electrons. The smallest absolute Gasteiger partial charge is 0.262 e. The molecule has 1 aliphatic carbocycles. The van der Waals surface area contributed by atoms with Crippen LogP contribution in [0, 0.1) is 13.8 Å². The molecule has 1 aliphatic rings. The summed E-state index contributed by atoms with van der Waals surface area (Å²) in [6.45, 7) is 4.29. The van der Waals surface area contributed by atoms with E-state index in [-0.39, 0.29) is 17.9 Å². The number of hydrogen-bond acceptors (Lipinski definition) is 4. The lowest BCUT2D eigenvalue weighted by molar-refractivity contribution is -0.116. The summed E-state index contributed by atoms with van der Waals surface area (Å²) in [4.78, 5) is 32.0. The maximum atomic E-state index is 12.9. The average molecular weight is 382 g/mol. The van der Waals surface area contributed by atoms with Gasteiger partial charge in [0.2, 0.25) is 5.91 Å². The topological polar surface area (TPSA) is 64.0 Å². The molecule has 5 nitrogen and oxygen atoms in total. The first kappa shape index (κ1) is 17.9. The lowest BCUT2D eigenvalue weighted by Gasteiger charge is -2.12. The minimum Gasteiger partial charge on any atom is -0.326 e. The molecular formula is C21H23N3O2S. The van der Waals surface area contributed by atoms with E-state index in [0.29, 0.717) is 6.54 Å². The van der Waals surface area contributed by atoms with Crippen molar-refractivity contribution in [3.8, 4) is 0 Å². The summed E-state index contributed by atoms with van der Waals surface area (Å²) in [5.41, 5.74) is 4.10. The van der Waals surface area contributed by atoms with Gasteiger partial charge in [0, 0.05) is 23.5 Å². The van der Waals surface area contributed by atoms with Crippen LogP contribution in [-0.4, -0.2) is 15.5 Å². The van der Waals surface area contributed by atoms with Crippen molar-refractivity contribution in [1.82, 2.24) is 9.55 Å². The van der Waals surface area contributed by atoms with Gasteiger partial charge in [0.1, 0.15) is 4.83 Å². The molecule has 0 saturated heterocycles. The standard InChI is InChI=1S/C21H23N3O2S/c1-13-6-5-7-14(2)19(13)23-17(25)10-11-24-12-22-20-18(21(24)26)15-8-3-4-9-16(15)27-20/h5-7,12H,3-4,8-11H2,1-2H3,(H,23,25). The molecule has 4 rings (SSSR count). The fourth-order valence-electron chi connectivity index (χ4n) is 3.78. The predicted molar refractivity (Wildman–Crippen MR) is 110 cm³/mol. The van der Waals surface area contributed by atoms with Crippen molar-refractivity contribution in [3.63, 3.8) is 0 Å². The van der Waals surface area contributed by atoms with Gasteiger partial charge in [-0.1, -0.05) is 18.2 Å². The Morgan fingerprint density at radius 1 is 1.22 bits per heavy atom. The first-order valence-corrected chi connectivity index (χ1v) is 10.2. The number of carbonyl (C=O) groups excluding carboxylic acids is 1. The number of amides is 1. The number of carbonyl (C=O) groups is 1. The number of anilines is 1. The maximum absolute atomic E-state index is 12.9. The van der Waals surface area contributed by atoms with Crippen LogP contribution >= 0.6 is 11.3 Å². The molecule has 3 aromatic rings. The normalized spacial score (nSPS) is 13.6. The number of nitrogens with zero attached hydrogens (tertiary/aromatic N) is 2. The van der Waals surface area contributed by atoms with Gasteiger partial charge in [0.15, 0.2) is 0 Å². The molecule has 0 spiro atoms. The van der Waals surface area contributed by atoms with Crippen LogP contribution < -0.4 is 10.9 Å². The Kier molecular flexibility index (Phi) is 4.83. The fourth-order valence-corrected chi connectivity index (χ4v) is 5.00. The zero-order valence-electron chi connectivity index (χ0n) is 15.7. The molecule has 0 atom stereocenters. The highest BCUT2D eigenvalue weighted by molar-refractivity contribution is 7.18. The molecule has 0 aliphatic heterocycles. The van der Waals surface area contributed by atoms with Crippen LogP contribution in [0.25, 0.3) is 10.2 Å². The van der Waals surface area contributed by atoms with E-state index in [1.54, 1.807) is 22.2 Å². The number of rotatable bonds is 4. The van der Waals surface area contributed by atoms with Crippen LogP contribution in [0.1, 0.15) is 40.8 Å². The van der Waals surface area contributed by atoms with Crippen molar-refractivity contribution in [2.24, 2.45) is 0 Å². The number of nitrogens with one attached hydrogen (secondary N) is 1. The highest BCUT2D eigenvalue weighted by atomic mass is 32.1. The van der Waals surface area contributed by atoms with Crippen LogP contribution in [-0.2, 0) is 24.2 Å². The van der Waals surface area contributed by atoms with Crippen LogP contribution in [0.5, 0.6) is 0 Å². The van der Waals surface area contributed by atoms with Gasteiger partial charge in [0.05, 0.1) is 11.7 Å². The Labute approximate surface area is 162 Å². The van der Waals surface area contributed by atoms with Gasteiger partial charge in [-0.2, -0.15) is 0 Å². The molecule has 2 aromatic heterocycles. The molecule has 140 valence electrons. The van der Waals surface area contributed by atoms with Gasteiger partial charge >= 0.3 is 0 Å². The highest BCUT2D eigenvalue weighted by Gasteiger charge is 2.20. The fraction of sp³-hybridized carbons (Fsp3) is 0.381. The quantitative estimate of drug-likeness (QED) is 0.743. The van der Waals surface area contributed by atoms with Crippen LogP contribution in [0.3, 0.4) is 0 Å². The Balaban J connectivity index is 1.53. The number of fused-ring (bicyclic) bond motifs is 3. The molecule has 0 bridgehead atoms. The molecule has 0 fully saturated rings. The number of benzene rings is 1. The molecule has 27 heavy (non-hydrogen) atoms. The summed E-state index contributed by atoms with van der Waals surface area (Å²) in [5.74, 6) is -0.0910. The lowest BCUT2D eigenvalue weighted by atomic mass is 9.97. The Morgan fingerprint density at radius 2 is 1.96 bits per heavy atom. The predicted octanol–water partition coefficient (Wildman–Crippen LogP) is 3.98. The van der Waals surface area contributed by atoms with E-state index in [0.717, 1.165) is 46.3 Å². The third kappa shape index (κ3) is 3.41. The van der Waals surface area contributed by atoms with Crippen LogP contribution in [0.2, 0.25) is 0 Å². The Bertz CT molecular complexity index is 1060. The van der Waals surface area contributed by atoms with Crippen molar-refractivity contribution < 1.29 is 4.79 Å². The van der Waals surface area contributed by atoms with Crippen molar-refractivity contribution in [2.75, 3.05) is 5.32 Å². The first-order valence-electron chi connectivity index (χ1n) is 9.40. The third-order valence-corrected chi connectivity index (χ3v) is 6.47. The summed E-state index contributed by atoms with van der Waals surface area (Å²) < 4.78 is 1.58. The number of para-hydroxylation sites is 1. The summed E-state index contributed by atoms with van der Waals surface area (Å²) in [7, 11) is 0. The van der Waals surface area contributed by atoms with Crippen molar-refractivity contribution >= 4 is 33.1 Å². The van der Waals surface area contributed by atoms with E-state index in [4.69, 9.17) is 0 Å². The number of thiophene rings is 1. The summed E-state index contributed by atoms with van der Waals surface area (Å²) in [6.07, 6.45) is 6.15. The molecule has 0 saturated carbocycles. The van der Waals surface area contributed by atoms with Gasteiger partial charge in [0.25, 0.3) is 5.56 Å². The summed E-state index contributed by atoms with van der Waals surface area (Å²) in [5, 5.41) is 3.75. The molecule has 1 aromatic carbocycles. The van der Waals surface area contributed by atoms with Crippen molar-refractivity contribution in [1.29, 1.82) is 0 Å². The number of hydrogen-bond donors (Lipinski definition) is 1. The van der Waals surface area contributed by atoms with Gasteiger partial charge in [-0.15, -0.1) is 11.3 Å². The van der Waals surface area contributed by atoms with E-state index < -0.39 is 0 Å². The molecule has 6 heteroatoms. The van der Waals surface area contributed by atoms with Crippen LogP contribution in [0.15, 0.2) is 29.3 Å². The van der Waals surface area contributed by atoms with Gasteiger partial charge in [-0.05, 0) is 56.2 Å². The Hall–Kier alpha value is -2.47. The van der Waals surface area contributed by atoms with E-state index in [1.807, 2.05) is 32.0 Å². The minimum absolute atomic E-state index is 0.0146. The number of aryl methyl sites for hydroxylation is 5. The molecule has 1 amide bonds. The van der Waals surface area contributed by atoms with Crippen molar-refractivity contribution in [2.45, 2.75) is 52.5 Å². The second-order valence-electron chi connectivity index (χ2n) is 7.20. The molecule has 0 unspecified atom stereocenters.